The van der Waals surface area contributed by atoms with Crippen molar-refractivity contribution < 1.29 is 14.3 Å². The van der Waals surface area contributed by atoms with Gasteiger partial charge in [0.2, 0.25) is 11.8 Å². The predicted molar refractivity (Wildman–Crippen MR) is 76.7 cm³/mol. The lowest BCUT2D eigenvalue weighted by Gasteiger charge is -2.29. The van der Waals surface area contributed by atoms with Crippen LogP contribution in [-0.2, 0) is 27.4 Å². The third kappa shape index (κ3) is 2.70. The fraction of sp³-hybridized carbons (Fsp3) is 0.714. The number of hydrogen-bond acceptors (Lipinski definition) is 5. The second-order valence-electron chi connectivity index (χ2n) is 5.81. The van der Waals surface area contributed by atoms with E-state index in [4.69, 9.17) is 4.74 Å². The molecule has 1 atom stereocenters. The predicted octanol–water partition coefficient (Wildman–Crippen LogP) is -0.576. The smallest absolute Gasteiger partial charge is 0.228 e. The van der Waals surface area contributed by atoms with E-state index in [-0.39, 0.29) is 17.7 Å². The summed E-state index contributed by atoms with van der Waals surface area (Å²) >= 11 is 0. The number of rotatable bonds is 4. The number of amides is 2. The molecule has 0 aromatic carbocycles. The summed E-state index contributed by atoms with van der Waals surface area (Å²) in [6.07, 6.45) is 0.296. The Morgan fingerprint density at radius 1 is 1.36 bits per heavy atom. The number of likely N-dealkylation sites (tertiary alicyclic amines) is 1. The number of ether oxygens (including phenoxy) is 1. The van der Waals surface area contributed by atoms with Gasteiger partial charge >= 0.3 is 0 Å². The number of methoxy groups -OCH3 is 1. The van der Waals surface area contributed by atoms with Crippen LogP contribution in [0, 0.1) is 12.8 Å². The third-order valence-electron chi connectivity index (χ3n) is 4.38. The number of carbonyl (C=O) groups excluding carboxylic acids is 2. The van der Waals surface area contributed by atoms with Crippen LogP contribution in [0.2, 0.25) is 0 Å². The van der Waals surface area contributed by atoms with Crippen LogP contribution in [0.1, 0.15) is 18.1 Å². The molecular weight excluding hydrogens is 286 g/mol. The molecule has 8 nitrogen and oxygen atoms in total. The van der Waals surface area contributed by atoms with E-state index in [0.717, 1.165) is 11.6 Å². The molecule has 120 valence electrons. The fourth-order valence-corrected chi connectivity index (χ4v) is 3.10. The van der Waals surface area contributed by atoms with E-state index in [2.05, 4.69) is 10.2 Å². The van der Waals surface area contributed by atoms with Crippen molar-refractivity contribution in [3.8, 4) is 0 Å². The molecule has 0 aliphatic carbocycles. The minimum Gasteiger partial charge on any atom is -0.383 e. The summed E-state index contributed by atoms with van der Waals surface area (Å²) in [6.45, 7) is 5.29. The molecule has 2 amide bonds. The molecule has 1 fully saturated rings. The minimum absolute atomic E-state index is 0.0337. The number of aryl methyl sites for hydroxylation is 1. The SMILES string of the molecule is COCCN1CC(C(=O)N2CCn3c(C)nnc3C2)CC1=O. The van der Waals surface area contributed by atoms with Gasteiger partial charge in [-0.1, -0.05) is 0 Å². The van der Waals surface area contributed by atoms with Crippen LogP contribution in [0.25, 0.3) is 0 Å². The van der Waals surface area contributed by atoms with Crippen LogP contribution >= 0.6 is 0 Å². The average molecular weight is 307 g/mol. The third-order valence-corrected chi connectivity index (χ3v) is 4.38. The highest BCUT2D eigenvalue weighted by atomic mass is 16.5. The Hall–Kier alpha value is -1.96. The Kier molecular flexibility index (Phi) is 4.10. The maximum atomic E-state index is 12.6. The summed E-state index contributed by atoms with van der Waals surface area (Å²) < 4.78 is 7.03. The Labute approximate surface area is 129 Å². The van der Waals surface area contributed by atoms with E-state index in [0.29, 0.717) is 45.8 Å². The van der Waals surface area contributed by atoms with E-state index in [1.165, 1.54) is 0 Å². The first-order chi connectivity index (χ1) is 10.6. The van der Waals surface area contributed by atoms with Gasteiger partial charge in [0.15, 0.2) is 5.82 Å². The zero-order valence-corrected chi connectivity index (χ0v) is 13.0. The molecule has 1 saturated heterocycles. The molecule has 2 aliphatic rings. The van der Waals surface area contributed by atoms with Crippen molar-refractivity contribution in [3.63, 3.8) is 0 Å². The van der Waals surface area contributed by atoms with Gasteiger partial charge in [0, 0.05) is 39.7 Å². The maximum Gasteiger partial charge on any atom is 0.228 e. The first-order valence-electron chi connectivity index (χ1n) is 7.54. The van der Waals surface area contributed by atoms with Crippen LogP contribution in [0.5, 0.6) is 0 Å². The molecule has 0 saturated carbocycles. The number of carbonyl (C=O) groups is 2. The van der Waals surface area contributed by atoms with Gasteiger partial charge in [-0.25, -0.2) is 0 Å². The first-order valence-corrected chi connectivity index (χ1v) is 7.54. The molecule has 1 aromatic rings. The van der Waals surface area contributed by atoms with Crippen molar-refractivity contribution in [2.75, 3.05) is 33.4 Å². The fourth-order valence-electron chi connectivity index (χ4n) is 3.10. The van der Waals surface area contributed by atoms with Gasteiger partial charge < -0.3 is 19.1 Å². The number of nitrogens with zero attached hydrogens (tertiary/aromatic N) is 5. The molecule has 0 bridgehead atoms. The molecule has 22 heavy (non-hydrogen) atoms. The van der Waals surface area contributed by atoms with Crippen molar-refractivity contribution >= 4 is 11.8 Å². The zero-order chi connectivity index (χ0) is 15.7. The molecule has 0 spiro atoms. The molecule has 0 radical (unpaired) electrons. The zero-order valence-electron chi connectivity index (χ0n) is 13.0. The van der Waals surface area contributed by atoms with Crippen molar-refractivity contribution in [2.24, 2.45) is 5.92 Å². The van der Waals surface area contributed by atoms with Crippen LogP contribution in [0.3, 0.4) is 0 Å². The summed E-state index contributed by atoms with van der Waals surface area (Å²) in [4.78, 5) is 28.1. The van der Waals surface area contributed by atoms with E-state index < -0.39 is 0 Å². The summed E-state index contributed by atoms with van der Waals surface area (Å²) in [5.74, 6) is 1.52. The molecule has 3 rings (SSSR count). The Morgan fingerprint density at radius 3 is 2.95 bits per heavy atom. The molecular formula is C14H21N5O3. The average Bonchev–Trinajstić information content (AvgIpc) is 3.08. The van der Waals surface area contributed by atoms with Crippen LogP contribution in [-0.4, -0.2) is 69.7 Å². The normalized spacial score (nSPS) is 21.4. The molecule has 1 unspecified atom stereocenters. The number of fused-ring (bicyclic) bond motifs is 1. The molecule has 0 N–H and O–H groups in total. The first kappa shape index (κ1) is 15.0. The molecule has 1 aromatic heterocycles. The summed E-state index contributed by atoms with van der Waals surface area (Å²) in [7, 11) is 1.61. The molecule has 3 heterocycles. The second kappa shape index (κ2) is 6.04. The van der Waals surface area contributed by atoms with E-state index >= 15 is 0 Å². The van der Waals surface area contributed by atoms with Crippen LogP contribution in [0.4, 0.5) is 0 Å². The largest absolute Gasteiger partial charge is 0.383 e. The van der Waals surface area contributed by atoms with E-state index in [9.17, 15) is 9.59 Å². The Balaban J connectivity index is 1.62. The van der Waals surface area contributed by atoms with E-state index in [1.807, 2.05) is 11.5 Å². The van der Waals surface area contributed by atoms with Gasteiger partial charge in [-0.3, -0.25) is 9.59 Å². The topological polar surface area (TPSA) is 80.6 Å². The second-order valence-corrected chi connectivity index (χ2v) is 5.81. The van der Waals surface area contributed by atoms with Crippen molar-refractivity contribution in [1.29, 1.82) is 0 Å². The quantitative estimate of drug-likeness (QED) is 0.744. The lowest BCUT2D eigenvalue weighted by atomic mass is 10.1. The minimum atomic E-state index is -0.250. The summed E-state index contributed by atoms with van der Waals surface area (Å²) in [5.41, 5.74) is 0. The van der Waals surface area contributed by atoms with Crippen molar-refractivity contribution in [2.45, 2.75) is 26.4 Å². The summed E-state index contributed by atoms with van der Waals surface area (Å²) in [6, 6.07) is 0. The monoisotopic (exact) mass is 307 g/mol. The highest BCUT2D eigenvalue weighted by Gasteiger charge is 2.37. The lowest BCUT2D eigenvalue weighted by Crippen LogP contribution is -2.42. The van der Waals surface area contributed by atoms with Gasteiger partial charge in [0.05, 0.1) is 19.1 Å². The van der Waals surface area contributed by atoms with Crippen LogP contribution in [0.15, 0.2) is 0 Å². The van der Waals surface area contributed by atoms with Crippen LogP contribution < -0.4 is 0 Å². The number of hydrogen-bond donors (Lipinski definition) is 0. The Morgan fingerprint density at radius 2 is 2.18 bits per heavy atom. The maximum absolute atomic E-state index is 12.6. The van der Waals surface area contributed by atoms with Gasteiger partial charge in [-0.2, -0.15) is 0 Å². The molecule has 8 heteroatoms. The lowest BCUT2D eigenvalue weighted by molar-refractivity contribution is -0.137. The van der Waals surface area contributed by atoms with Crippen molar-refractivity contribution in [1.82, 2.24) is 24.6 Å². The summed E-state index contributed by atoms with van der Waals surface area (Å²) in [5, 5.41) is 8.16. The standard InChI is InChI=1S/C14H21N5O3/c1-10-15-16-12-9-18(3-4-19(10)12)14(21)11-7-13(20)17(8-11)5-6-22-2/h11H,3-9H2,1-2H3. The van der Waals surface area contributed by atoms with Gasteiger partial charge in [0.25, 0.3) is 0 Å². The highest BCUT2D eigenvalue weighted by Crippen LogP contribution is 2.22. The van der Waals surface area contributed by atoms with Crippen molar-refractivity contribution in [3.05, 3.63) is 11.6 Å². The molecule has 2 aliphatic heterocycles. The number of aromatic nitrogens is 3. The highest BCUT2D eigenvalue weighted by molar-refractivity contribution is 5.89. The van der Waals surface area contributed by atoms with E-state index in [1.54, 1.807) is 16.9 Å². The van der Waals surface area contributed by atoms with Gasteiger partial charge in [-0.05, 0) is 6.92 Å². The van der Waals surface area contributed by atoms with Gasteiger partial charge in [-0.15, -0.1) is 10.2 Å². The Bertz CT molecular complexity index is 585. The van der Waals surface area contributed by atoms with Gasteiger partial charge in [0.1, 0.15) is 5.82 Å².